The predicted octanol–water partition coefficient (Wildman–Crippen LogP) is 4.26. The molecule has 148 valence electrons. The minimum absolute atomic E-state index is 0.135. The number of benzene rings is 2. The third kappa shape index (κ3) is 3.78. The molecule has 6 nitrogen and oxygen atoms in total. The van der Waals surface area contributed by atoms with Crippen molar-refractivity contribution in [3.05, 3.63) is 71.5 Å². The molecule has 1 aliphatic rings. The van der Waals surface area contributed by atoms with Crippen molar-refractivity contribution in [3.8, 4) is 5.69 Å². The Morgan fingerprint density at radius 1 is 1.00 bits per heavy atom. The summed E-state index contributed by atoms with van der Waals surface area (Å²) in [5, 5.41) is 7.52. The second-order valence-corrected chi connectivity index (χ2v) is 7.30. The third-order valence-electron chi connectivity index (χ3n) is 5.26. The van der Waals surface area contributed by atoms with Crippen molar-refractivity contribution in [1.82, 2.24) is 9.78 Å². The summed E-state index contributed by atoms with van der Waals surface area (Å²) in [4.78, 5) is 27.0. The van der Waals surface area contributed by atoms with Crippen molar-refractivity contribution in [2.45, 2.75) is 33.1 Å². The van der Waals surface area contributed by atoms with Gasteiger partial charge < -0.3 is 10.2 Å². The van der Waals surface area contributed by atoms with Crippen molar-refractivity contribution in [2.75, 3.05) is 16.8 Å². The van der Waals surface area contributed by atoms with Gasteiger partial charge in [-0.15, -0.1) is 0 Å². The van der Waals surface area contributed by atoms with E-state index in [0.29, 0.717) is 23.4 Å². The van der Waals surface area contributed by atoms with E-state index in [2.05, 4.69) is 10.4 Å². The Balaban J connectivity index is 1.58. The molecule has 3 aromatic rings. The number of piperidine rings is 1. The van der Waals surface area contributed by atoms with Crippen LogP contribution in [0.2, 0.25) is 0 Å². The van der Waals surface area contributed by atoms with Gasteiger partial charge in [-0.3, -0.25) is 9.59 Å². The van der Waals surface area contributed by atoms with Crippen molar-refractivity contribution in [3.63, 3.8) is 0 Å². The number of para-hydroxylation sites is 1. The maximum absolute atomic E-state index is 13.0. The van der Waals surface area contributed by atoms with Crippen LogP contribution in [0.4, 0.5) is 11.4 Å². The van der Waals surface area contributed by atoms with Gasteiger partial charge in [0, 0.05) is 24.3 Å². The molecule has 2 heterocycles. The van der Waals surface area contributed by atoms with E-state index in [0.717, 1.165) is 36.5 Å². The van der Waals surface area contributed by atoms with Crippen LogP contribution in [-0.2, 0) is 4.79 Å². The Labute approximate surface area is 170 Å². The summed E-state index contributed by atoms with van der Waals surface area (Å²) in [7, 11) is 0. The predicted molar refractivity (Wildman–Crippen MR) is 114 cm³/mol. The number of anilines is 2. The second-order valence-electron chi connectivity index (χ2n) is 7.30. The van der Waals surface area contributed by atoms with Gasteiger partial charge in [-0.05, 0) is 57.0 Å². The number of amides is 2. The van der Waals surface area contributed by atoms with Crippen LogP contribution in [-0.4, -0.2) is 28.1 Å². The standard InChI is InChI=1S/C23H24N4O2/c1-16-22(17(2)27(25-16)19-10-4-3-5-11-19)23(29)24-18-9-8-12-20(15-18)26-14-7-6-13-21(26)28/h3-5,8-12,15H,6-7,13-14H2,1-2H3,(H,24,29). The monoisotopic (exact) mass is 388 g/mol. The molecule has 1 aliphatic heterocycles. The largest absolute Gasteiger partial charge is 0.322 e. The van der Waals surface area contributed by atoms with E-state index in [1.807, 2.05) is 68.4 Å². The fourth-order valence-electron chi connectivity index (χ4n) is 3.82. The molecule has 6 heteroatoms. The molecule has 1 aromatic heterocycles. The van der Waals surface area contributed by atoms with Gasteiger partial charge in [0.1, 0.15) is 0 Å². The van der Waals surface area contributed by atoms with Gasteiger partial charge in [-0.2, -0.15) is 5.10 Å². The Morgan fingerprint density at radius 3 is 2.52 bits per heavy atom. The lowest BCUT2D eigenvalue weighted by molar-refractivity contribution is -0.119. The van der Waals surface area contributed by atoms with E-state index in [1.54, 1.807) is 9.58 Å². The first-order valence-corrected chi connectivity index (χ1v) is 9.88. The molecular weight excluding hydrogens is 364 g/mol. The van der Waals surface area contributed by atoms with Crippen LogP contribution in [0, 0.1) is 13.8 Å². The van der Waals surface area contributed by atoms with Gasteiger partial charge in [0.25, 0.3) is 5.91 Å². The van der Waals surface area contributed by atoms with E-state index in [1.165, 1.54) is 0 Å². The zero-order valence-electron chi connectivity index (χ0n) is 16.7. The molecule has 2 amide bonds. The van der Waals surface area contributed by atoms with Crippen molar-refractivity contribution in [1.29, 1.82) is 0 Å². The topological polar surface area (TPSA) is 67.2 Å². The first-order chi connectivity index (χ1) is 14.0. The summed E-state index contributed by atoms with van der Waals surface area (Å²) >= 11 is 0. The molecule has 1 fully saturated rings. The first-order valence-electron chi connectivity index (χ1n) is 9.88. The molecule has 0 saturated carbocycles. The Kier molecular flexibility index (Phi) is 5.16. The first kappa shape index (κ1) is 18.9. The molecule has 0 radical (unpaired) electrons. The van der Waals surface area contributed by atoms with Gasteiger partial charge >= 0.3 is 0 Å². The molecule has 29 heavy (non-hydrogen) atoms. The maximum Gasteiger partial charge on any atom is 0.259 e. The lowest BCUT2D eigenvalue weighted by atomic mass is 10.1. The molecule has 0 aliphatic carbocycles. The Hall–Kier alpha value is -3.41. The molecule has 0 atom stereocenters. The minimum Gasteiger partial charge on any atom is -0.322 e. The van der Waals surface area contributed by atoms with Gasteiger partial charge in [0.15, 0.2) is 0 Å². The Morgan fingerprint density at radius 2 is 1.76 bits per heavy atom. The van der Waals surface area contributed by atoms with Crippen LogP contribution in [0.25, 0.3) is 5.69 Å². The van der Waals surface area contributed by atoms with Gasteiger partial charge in [0.05, 0.1) is 22.6 Å². The van der Waals surface area contributed by atoms with Gasteiger partial charge in [-0.1, -0.05) is 24.3 Å². The van der Waals surface area contributed by atoms with Gasteiger partial charge in [-0.25, -0.2) is 4.68 Å². The van der Waals surface area contributed by atoms with Crippen LogP contribution in [0.3, 0.4) is 0 Å². The fraction of sp³-hybridized carbons (Fsp3) is 0.261. The second kappa shape index (κ2) is 7.91. The summed E-state index contributed by atoms with van der Waals surface area (Å²) in [6.45, 7) is 4.45. The van der Waals surface area contributed by atoms with E-state index in [9.17, 15) is 9.59 Å². The van der Waals surface area contributed by atoms with Gasteiger partial charge in [0.2, 0.25) is 5.91 Å². The van der Waals surface area contributed by atoms with Crippen molar-refractivity contribution in [2.24, 2.45) is 0 Å². The summed E-state index contributed by atoms with van der Waals surface area (Å²) in [5.74, 6) is -0.0696. The highest BCUT2D eigenvalue weighted by molar-refractivity contribution is 6.06. The number of hydrogen-bond acceptors (Lipinski definition) is 3. The van der Waals surface area contributed by atoms with Crippen molar-refractivity contribution >= 4 is 23.2 Å². The molecule has 0 unspecified atom stereocenters. The third-order valence-corrected chi connectivity index (χ3v) is 5.26. The van der Waals surface area contributed by atoms with Crippen LogP contribution < -0.4 is 10.2 Å². The van der Waals surface area contributed by atoms with Crippen LogP contribution in [0.15, 0.2) is 54.6 Å². The van der Waals surface area contributed by atoms with E-state index >= 15 is 0 Å². The van der Waals surface area contributed by atoms with Crippen LogP contribution >= 0.6 is 0 Å². The summed E-state index contributed by atoms with van der Waals surface area (Å²) in [5.41, 5.74) is 4.42. The highest BCUT2D eigenvalue weighted by Gasteiger charge is 2.22. The maximum atomic E-state index is 13.0. The lowest BCUT2D eigenvalue weighted by Crippen LogP contribution is -2.35. The summed E-state index contributed by atoms with van der Waals surface area (Å²) in [6.07, 6.45) is 2.52. The average molecular weight is 388 g/mol. The molecular formula is C23H24N4O2. The number of rotatable bonds is 4. The van der Waals surface area contributed by atoms with E-state index in [-0.39, 0.29) is 11.8 Å². The molecule has 4 rings (SSSR count). The van der Waals surface area contributed by atoms with E-state index in [4.69, 9.17) is 0 Å². The molecule has 0 bridgehead atoms. The highest BCUT2D eigenvalue weighted by atomic mass is 16.2. The zero-order valence-corrected chi connectivity index (χ0v) is 16.7. The smallest absolute Gasteiger partial charge is 0.259 e. The lowest BCUT2D eigenvalue weighted by Gasteiger charge is -2.27. The van der Waals surface area contributed by atoms with Crippen LogP contribution in [0.1, 0.15) is 41.0 Å². The van der Waals surface area contributed by atoms with Crippen molar-refractivity contribution < 1.29 is 9.59 Å². The zero-order chi connectivity index (χ0) is 20.4. The SMILES string of the molecule is Cc1nn(-c2ccccc2)c(C)c1C(=O)Nc1cccc(N2CCCCC2=O)c1. The molecule has 0 spiro atoms. The Bertz CT molecular complexity index is 1060. The number of hydrogen-bond donors (Lipinski definition) is 1. The minimum atomic E-state index is -0.204. The molecule has 2 aromatic carbocycles. The van der Waals surface area contributed by atoms with Crippen LogP contribution in [0.5, 0.6) is 0 Å². The number of nitrogens with one attached hydrogen (secondary N) is 1. The number of carbonyl (C=O) groups excluding carboxylic acids is 2. The fourth-order valence-corrected chi connectivity index (χ4v) is 3.82. The summed E-state index contributed by atoms with van der Waals surface area (Å²) in [6, 6.07) is 17.2. The normalized spacial score (nSPS) is 14.1. The quantitative estimate of drug-likeness (QED) is 0.726. The number of aromatic nitrogens is 2. The highest BCUT2D eigenvalue weighted by Crippen LogP contribution is 2.25. The molecule has 1 saturated heterocycles. The number of nitrogens with zero attached hydrogens (tertiary/aromatic N) is 3. The van der Waals surface area contributed by atoms with E-state index < -0.39 is 0 Å². The number of aryl methyl sites for hydroxylation is 1. The summed E-state index contributed by atoms with van der Waals surface area (Å²) < 4.78 is 1.78. The molecule has 1 N–H and O–H groups in total. The average Bonchev–Trinajstić information content (AvgIpc) is 3.03. The number of carbonyl (C=O) groups is 2.